The Morgan fingerprint density at radius 1 is 1.33 bits per heavy atom. The molecule has 0 spiro atoms. The van der Waals surface area contributed by atoms with Gasteiger partial charge in [0.2, 0.25) is 0 Å². The van der Waals surface area contributed by atoms with Crippen LogP contribution in [0, 0.1) is 6.92 Å². The summed E-state index contributed by atoms with van der Waals surface area (Å²) in [7, 11) is 3.33. The number of carbonyl (C=O) groups is 1. The Labute approximate surface area is 152 Å². The molecule has 0 unspecified atom stereocenters. The first-order valence-electron chi connectivity index (χ1n) is 7.08. The quantitative estimate of drug-likeness (QED) is 0.603. The molecule has 10 heteroatoms. The van der Waals surface area contributed by atoms with E-state index in [0.717, 1.165) is 6.54 Å². The number of aryl methyl sites for hydroxylation is 2. The summed E-state index contributed by atoms with van der Waals surface area (Å²) in [5, 5.41) is 8.87. The first-order chi connectivity index (χ1) is 10.5. The number of fused-ring (bicyclic) bond motifs is 1. The average molecular weight is 380 g/mol. The van der Waals surface area contributed by atoms with Gasteiger partial charge >= 0.3 is 0 Å². The van der Waals surface area contributed by atoms with Crippen LogP contribution in [-0.2, 0) is 11.8 Å². The van der Waals surface area contributed by atoms with Crippen LogP contribution >= 0.6 is 24.8 Å². The second kappa shape index (κ2) is 10.3. The molecule has 2 rings (SSSR count). The van der Waals surface area contributed by atoms with Crippen LogP contribution in [0.2, 0.25) is 0 Å². The highest BCUT2D eigenvalue weighted by molar-refractivity contribution is 6.05. The molecule has 0 fully saturated rings. The molecule has 3 N–H and O–H groups in total. The van der Waals surface area contributed by atoms with Gasteiger partial charge in [0.05, 0.1) is 17.6 Å². The fourth-order valence-corrected chi connectivity index (χ4v) is 2.22. The summed E-state index contributed by atoms with van der Waals surface area (Å²) in [4.78, 5) is 28.6. The Balaban J connectivity index is 0.00000264. The van der Waals surface area contributed by atoms with Crippen LogP contribution in [0.1, 0.15) is 16.1 Å². The molecule has 0 bridgehead atoms. The minimum absolute atomic E-state index is 0. The van der Waals surface area contributed by atoms with E-state index in [9.17, 15) is 9.59 Å². The summed E-state index contributed by atoms with van der Waals surface area (Å²) >= 11 is 0. The lowest BCUT2D eigenvalue weighted by molar-refractivity contribution is 0.0955. The van der Waals surface area contributed by atoms with Crippen LogP contribution in [0.3, 0.4) is 0 Å². The second-order valence-electron chi connectivity index (χ2n) is 5.01. The molecule has 0 atom stereocenters. The fraction of sp³-hybridized carbons (Fsp3) is 0.500. The van der Waals surface area contributed by atoms with Crippen LogP contribution in [0.15, 0.2) is 10.9 Å². The number of hydrogen-bond acceptors (Lipinski definition) is 5. The number of nitrogens with one attached hydrogen (secondary N) is 3. The van der Waals surface area contributed by atoms with Crippen LogP contribution in [0.25, 0.3) is 11.0 Å². The van der Waals surface area contributed by atoms with Crippen LogP contribution in [-0.4, -0.2) is 54.0 Å². The molecule has 136 valence electrons. The number of amides is 1. The topological polar surface area (TPSA) is 101 Å². The van der Waals surface area contributed by atoms with Gasteiger partial charge in [-0.1, -0.05) is 0 Å². The Bertz CT molecular complexity index is 729. The van der Waals surface area contributed by atoms with Gasteiger partial charge in [-0.25, -0.2) is 4.98 Å². The van der Waals surface area contributed by atoms with Crippen molar-refractivity contribution in [3.63, 3.8) is 0 Å². The normalized spacial score (nSPS) is 10.1. The molecule has 2 aromatic heterocycles. The van der Waals surface area contributed by atoms with Crippen molar-refractivity contribution in [2.75, 3.05) is 33.4 Å². The van der Waals surface area contributed by atoms with Gasteiger partial charge in [-0.2, -0.15) is 0 Å². The minimum Gasteiger partial charge on any atom is -0.383 e. The van der Waals surface area contributed by atoms with Crippen molar-refractivity contribution in [3.05, 3.63) is 27.7 Å². The molecule has 0 aliphatic rings. The van der Waals surface area contributed by atoms with Gasteiger partial charge in [0.1, 0.15) is 0 Å². The maximum atomic E-state index is 12.3. The summed E-state index contributed by atoms with van der Waals surface area (Å²) < 4.78 is 6.44. The number of carbonyl (C=O) groups excluding carboxylic acids is 1. The number of methoxy groups -OCH3 is 1. The lowest BCUT2D eigenvalue weighted by Crippen LogP contribution is -2.33. The number of aromatic amines is 1. The number of aromatic nitrogens is 3. The second-order valence-corrected chi connectivity index (χ2v) is 5.01. The lowest BCUT2D eigenvalue weighted by atomic mass is 10.1. The zero-order chi connectivity index (χ0) is 16.1. The molecule has 0 aliphatic heterocycles. The number of rotatable bonds is 7. The summed E-state index contributed by atoms with van der Waals surface area (Å²) in [5.41, 5.74) is 1.20. The van der Waals surface area contributed by atoms with Gasteiger partial charge in [0.25, 0.3) is 11.5 Å². The van der Waals surface area contributed by atoms with Gasteiger partial charge in [-0.15, -0.1) is 24.8 Å². The van der Waals surface area contributed by atoms with Gasteiger partial charge in [0, 0.05) is 39.5 Å². The predicted octanol–water partition coefficient (Wildman–Crippen LogP) is 0.379. The summed E-state index contributed by atoms with van der Waals surface area (Å²) in [6.45, 7) is 4.24. The van der Waals surface area contributed by atoms with Crippen LogP contribution in [0.5, 0.6) is 0 Å². The fourth-order valence-electron chi connectivity index (χ4n) is 2.22. The Kier molecular flexibility index (Phi) is 9.60. The highest BCUT2D eigenvalue weighted by Gasteiger charge is 2.17. The van der Waals surface area contributed by atoms with Crippen molar-refractivity contribution >= 4 is 41.8 Å². The van der Waals surface area contributed by atoms with E-state index in [-0.39, 0.29) is 36.3 Å². The highest BCUT2D eigenvalue weighted by Crippen LogP contribution is 2.14. The zero-order valence-electron chi connectivity index (χ0n) is 13.8. The summed E-state index contributed by atoms with van der Waals surface area (Å²) in [6.07, 6.45) is 0. The molecule has 0 radical (unpaired) electrons. The van der Waals surface area contributed by atoms with E-state index in [1.807, 2.05) is 0 Å². The zero-order valence-corrected chi connectivity index (χ0v) is 15.5. The molecule has 2 heterocycles. The van der Waals surface area contributed by atoms with E-state index in [4.69, 9.17) is 4.74 Å². The van der Waals surface area contributed by atoms with Crippen molar-refractivity contribution in [1.29, 1.82) is 0 Å². The first kappa shape index (κ1) is 22.4. The standard InChI is InChI=1S/C14H21N5O3.2ClH/c1-9-8-10(11-12(17-9)19(2)18-14(11)21)13(20)16-5-4-15-6-7-22-3;;/h8,15H,4-7H2,1-3H3,(H,16,20)(H,18,21);2*1H. The third-order valence-corrected chi connectivity index (χ3v) is 3.26. The van der Waals surface area contributed by atoms with E-state index < -0.39 is 0 Å². The van der Waals surface area contributed by atoms with Gasteiger partial charge < -0.3 is 15.4 Å². The van der Waals surface area contributed by atoms with E-state index in [1.165, 1.54) is 4.68 Å². The monoisotopic (exact) mass is 379 g/mol. The largest absolute Gasteiger partial charge is 0.383 e. The minimum atomic E-state index is -0.312. The van der Waals surface area contributed by atoms with Crippen molar-refractivity contribution in [2.45, 2.75) is 6.92 Å². The lowest BCUT2D eigenvalue weighted by Gasteiger charge is -2.08. The predicted molar refractivity (Wildman–Crippen MR) is 97.6 cm³/mol. The van der Waals surface area contributed by atoms with Gasteiger partial charge in [-0.3, -0.25) is 19.4 Å². The molecule has 1 amide bonds. The van der Waals surface area contributed by atoms with Gasteiger partial charge in [-0.05, 0) is 13.0 Å². The summed E-state index contributed by atoms with van der Waals surface area (Å²) in [6, 6.07) is 1.63. The van der Waals surface area contributed by atoms with E-state index >= 15 is 0 Å². The van der Waals surface area contributed by atoms with Gasteiger partial charge in [0.15, 0.2) is 5.65 Å². The average Bonchev–Trinajstić information content (AvgIpc) is 2.76. The Morgan fingerprint density at radius 2 is 2.04 bits per heavy atom. The Morgan fingerprint density at radius 3 is 2.71 bits per heavy atom. The smallest absolute Gasteiger partial charge is 0.274 e. The number of H-pyrrole nitrogens is 1. The molecule has 8 nitrogen and oxygen atoms in total. The van der Waals surface area contributed by atoms with Crippen LogP contribution < -0.4 is 16.2 Å². The molecule has 0 aromatic carbocycles. The number of nitrogens with zero attached hydrogens (tertiary/aromatic N) is 2. The van der Waals surface area contributed by atoms with Crippen molar-refractivity contribution in [3.8, 4) is 0 Å². The SMILES string of the molecule is COCCNCCNC(=O)c1cc(C)nc2c1c(=O)[nH]n2C.Cl.Cl. The molecular weight excluding hydrogens is 357 g/mol. The Hall–Kier alpha value is -1.61. The van der Waals surface area contributed by atoms with E-state index in [1.54, 1.807) is 27.1 Å². The maximum Gasteiger partial charge on any atom is 0.274 e. The maximum absolute atomic E-state index is 12.3. The van der Waals surface area contributed by atoms with E-state index in [2.05, 4.69) is 20.7 Å². The molecule has 24 heavy (non-hydrogen) atoms. The van der Waals surface area contributed by atoms with Crippen molar-refractivity contribution < 1.29 is 9.53 Å². The number of hydrogen-bond donors (Lipinski definition) is 3. The number of pyridine rings is 1. The molecule has 2 aromatic rings. The van der Waals surface area contributed by atoms with Crippen molar-refractivity contribution in [1.82, 2.24) is 25.4 Å². The molecular formula is C14H23Cl2N5O3. The first-order valence-corrected chi connectivity index (χ1v) is 7.08. The highest BCUT2D eigenvalue weighted by atomic mass is 35.5. The van der Waals surface area contributed by atoms with Crippen molar-refractivity contribution in [2.24, 2.45) is 7.05 Å². The summed E-state index contributed by atoms with van der Waals surface area (Å²) in [5.74, 6) is -0.277. The third-order valence-electron chi connectivity index (χ3n) is 3.26. The molecule has 0 aliphatic carbocycles. The third kappa shape index (κ3) is 5.20. The van der Waals surface area contributed by atoms with Crippen LogP contribution in [0.4, 0.5) is 0 Å². The number of ether oxygens (including phenoxy) is 1. The number of halogens is 2. The molecule has 0 saturated carbocycles. The van der Waals surface area contributed by atoms with E-state index in [0.29, 0.717) is 42.0 Å². The molecule has 0 saturated heterocycles.